The monoisotopic (exact) mass is 330 g/mol. The fourth-order valence-electron chi connectivity index (χ4n) is 3.49. The highest BCUT2D eigenvalue weighted by molar-refractivity contribution is 5.97. The van der Waals surface area contributed by atoms with Crippen molar-refractivity contribution in [2.24, 2.45) is 0 Å². The zero-order chi connectivity index (χ0) is 17.3. The van der Waals surface area contributed by atoms with Crippen LogP contribution in [-0.2, 0) is 16.0 Å². The van der Waals surface area contributed by atoms with E-state index in [1.165, 1.54) is 5.56 Å². The van der Waals surface area contributed by atoms with E-state index in [0.29, 0.717) is 19.5 Å². The average molecular weight is 330 g/mol. The van der Waals surface area contributed by atoms with E-state index < -0.39 is 5.60 Å². The number of nitrogens with zero attached hydrogens (tertiary/aromatic N) is 2. The van der Waals surface area contributed by atoms with Crippen molar-refractivity contribution < 1.29 is 14.3 Å². The second-order valence-electron chi connectivity index (χ2n) is 7.59. The van der Waals surface area contributed by atoms with Gasteiger partial charge < -0.3 is 14.5 Å². The van der Waals surface area contributed by atoms with Crippen LogP contribution in [0.1, 0.15) is 45.6 Å². The normalized spacial score (nSPS) is 19.2. The van der Waals surface area contributed by atoms with Gasteiger partial charge in [-0.15, -0.1) is 0 Å². The number of hydrogen-bond donors (Lipinski definition) is 0. The first-order valence-electron chi connectivity index (χ1n) is 8.73. The van der Waals surface area contributed by atoms with Crippen molar-refractivity contribution in [3.8, 4) is 0 Å². The number of carbonyl (C=O) groups is 2. The minimum Gasteiger partial charge on any atom is -0.444 e. The molecule has 1 fully saturated rings. The van der Waals surface area contributed by atoms with E-state index in [4.69, 9.17) is 4.74 Å². The van der Waals surface area contributed by atoms with Gasteiger partial charge in [0.15, 0.2) is 0 Å². The van der Waals surface area contributed by atoms with E-state index in [0.717, 1.165) is 24.9 Å². The summed E-state index contributed by atoms with van der Waals surface area (Å²) in [5.74, 6) is 0.199. The number of piperidine rings is 1. The summed E-state index contributed by atoms with van der Waals surface area (Å²) in [6.45, 7) is 6.89. The van der Waals surface area contributed by atoms with Crippen molar-refractivity contribution in [3.05, 3.63) is 29.8 Å². The van der Waals surface area contributed by atoms with Gasteiger partial charge in [0.05, 0.1) is 0 Å². The third kappa shape index (κ3) is 3.55. The van der Waals surface area contributed by atoms with Gasteiger partial charge in [0.25, 0.3) is 0 Å². The molecular formula is C19H26N2O3. The molecule has 2 aliphatic rings. The number of amides is 2. The van der Waals surface area contributed by atoms with Crippen LogP contribution < -0.4 is 4.90 Å². The van der Waals surface area contributed by atoms with Gasteiger partial charge in [-0.2, -0.15) is 0 Å². The van der Waals surface area contributed by atoms with Crippen LogP contribution in [0.3, 0.4) is 0 Å². The van der Waals surface area contributed by atoms with Crippen LogP contribution in [0.5, 0.6) is 0 Å². The van der Waals surface area contributed by atoms with E-state index in [2.05, 4.69) is 6.07 Å². The molecule has 1 aromatic rings. The molecule has 0 spiro atoms. The number of ether oxygens (including phenoxy) is 1. The van der Waals surface area contributed by atoms with Crippen molar-refractivity contribution in [3.63, 3.8) is 0 Å². The van der Waals surface area contributed by atoms with E-state index in [-0.39, 0.29) is 18.0 Å². The number of hydrogen-bond acceptors (Lipinski definition) is 3. The summed E-state index contributed by atoms with van der Waals surface area (Å²) >= 11 is 0. The summed E-state index contributed by atoms with van der Waals surface area (Å²) in [5.41, 5.74) is 1.81. The third-order valence-corrected chi connectivity index (χ3v) is 4.61. The van der Waals surface area contributed by atoms with Gasteiger partial charge in [-0.1, -0.05) is 18.2 Å². The number of para-hydroxylation sites is 1. The number of rotatable bonds is 1. The summed E-state index contributed by atoms with van der Waals surface area (Å²) in [6, 6.07) is 8.31. The molecule has 0 bridgehead atoms. The van der Waals surface area contributed by atoms with Gasteiger partial charge >= 0.3 is 6.09 Å². The minimum atomic E-state index is -0.476. The van der Waals surface area contributed by atoms with Gasteiger partial charge in [-0.3, -0.25) is 4.79 Å². The van der Waals surface area contributed by atoms with Crippen LogP contribution in [0, 0.1) is 0 Å². The first-order chi connectivity index (χ1) is 11.3. The first-order valence-corrected chi connectivity index (χ1v) is 8.73. The van der Waals surface area contributed by atoms with Crippen LogP contribution >= 0.6 is 0 Å². The Kier molecular flexibility index (Phi) is 4.52. The van der Waals surface area contributed by atoms with Crippen molar-refractivity contribution in [1.29, 1.82) is 0 Å². The molecule has 0 N–H and O–H groups in total. The Balaban J connectivity index is 1.67. The Morgan fingerprint density at radius 3 is 2.46 bits per heavy atom. The summed E-state index contributed by atoms with van der Waals surface area (Å²) in [7, 11) is 0. The van der Waals surface area contributed by atoms with Crippen molar-refractivity contribution in [2.45, 2.75) is 58.1 Å². The number of likely N-dealkylation sites (tertiary alicyclic amines) is 1. The van der Waals surface area contributed by atoms with E-state index in [1.54, 1.807) is 4.90 Å². The molecule has 24 heavy (non-hydrogen) atoms. The summed E-state index contributed by atoms with van der Waals surface area (Å²) in [6.07, 6.45) is 2.72. The van der Waals surface area contributed by atoms with E-state index in [1.807, 2.05) is 43.9 Å². The smallest absolute Gasteiger partial charge is 0.410 e. The molecule has 1 aromatic carbocycles. The fraction of sp³-hybridized carbons (Fsp3) is 0.579. The molecule has 0 saturated carbocycles. The standard InChI is InChI=1S/C19H26N2O3/c1-19(2,3)24-18(23)20-12-10-15(11-13-20)21-16-7-5-4-6-14(16)8-9-17(21)22/h4-7,15H,8-13H2,1-3H3. The summed E-state index contributed by atoms with van der Waals surface area (Å²) < 4.78 is 5.44. The highest BCUT2D eigenvalue weighted by atomic mass is 16.6. The van der Waals surface area contributed by atoms with Gasteiger partial charge in [0.2, 0.25) is 5.91 Å². The zero-order valence-corrected chi connectivity index (χ0v) is 14.7. The highest BCUT2D eigenvalue weighted by Gasteiger charge is 2.34. The molecule has 0 aromatic heterocycles. The lowest BCUT2D eigenvalue weighted by Crippen LogP contribution is -2.51. The highest BCUT2D eigenvalue weighted by Crippen LogP contribution is 2.32. The Bertz CT molecular complexity index is 628. The molecule has 2 amide bonds. The fourth-order valence-corrected chi connectivity index (χ4v) is 3.49. The van der Waals surface area contributed by atoms with Crippen molar-refractivity contribution in [1.82, 2.24) is 4.90 Å². The van der Waals surface area contributed by atoms with Crippen molar-refractivity contribution >= 4 is 17.7 Å². The molecular weight excluding hydrogens is 304 g/mol. The lowest BCUT2D eigenvalue weighted by atomic mass is 9.95. The molecule has 1 saturated heterocycles. The van der Waals surface area contributed by atoms with Gasteiger partial charge in [0.1, 0.15) is 5.60 Å². The quantitative estimate of drug-likeness (QED) is 0.793. The zero-order valence-electron chi connectivity index (χ0n) is 14.7. The minimum absolute atomic E-state index is 0.164. The number of aryl methyl sites for hydroxylation is 1. The molecule has 5 heteroatoms. The third-order valence-electron chi connectivity index (χ3n) is 4.61. The molecule has 2 heterocycles. The topological polar surface area (TPSA) is 49.9 Å². The molecule has 0 unspecified atom stereocenters. The molecule has 0 atom stereocenters. The number of carbonyl (C=O) groups excluding carboxylic acids is 2. The molecule has 130 valence electrons. The SMILES string of the molecule is CC(C)(C)OC(=O)N1CCC(N2C(=O)CCc3ccccc32)CC1. The first kappa shape index (κ1) is 16.8. The maximum Gasteiger partial charge on any atom is 0.410 e. The van der Waals surface area contributed by atoms with Gasteiger partial charge in [-0.05, 0) is 51.7 Å². The Labute approximate surface area is 143 Å². The Morgan fingerprint density at radius 1 is 1.12 bits per heavy atom. The maximum absolute atomic E-state index is 12.5. The molecule has 0 radical (unpaired) electrons. The average Bonchev–Trinajstić information content (AvgIpc) is 2.53. The second-order valence-corrected chi connectivity index (χ2v) is 7.59. The van der Waals surface area contributed by atoms with E-state index >= 15 is 0 Å². The predicted octanol–water partition coefficient (Wildman–Crippen LogP) is 3.37. The van der Waals surface area contributed by atoms with Gasteiger partial charge in [-0.25, -0.2) is 4.79 Å². The largest absolute Gasteiger partial charge is 0.444 e. The predicted molar refractivity (Wildman–Crippen MR) is 93.1 cm³/mol. The van der Waals surface area contributed by atoms with Crippen molar-refractivity contribution in [2.75, 3.05) is 18.0 Å². The number of anilines is 1. The van der Waals surface area contributed by atoms with E-state index in [9.17, 15) is 9.59 Å². The van der Waals surface area contributed by atoms with Crippen LogP contribution in [0.4, 0.5) is 10.5 Å². The molecule has 3 rings (SSSR count). The maximum atomic E-state index is 12.5. The number of benzene rings is 1. The second kappa shape index (κ2) is 6.46. The van der Waals surface area contributed by atoms with Crippen LogP contribution in [-0.4, -0.2) is 41.6 Å². The van der Waals surface area contributed by atoms with Crippen LogP contribution in [0.25, 0.3) is 0 Å². The van der Waals surface area contributed by atoms with Gasteiger partial charge in [0, 0.05) is 31.2 Å². The Morgan fingerprint density at radius 2 is 1.79 bits per heavy atom. The Hall–Kier alpha value is -2.04. The summed E-state index contributed by atoms with van der Waals surface area (Å²) in [5, 5.41) is 0. The summed E-state index contributed by atoms with van der Waals surface area (Å²) in [4.78, 5) is 28.4. The van der Waals surface area contributed by atoms with Crippen LogP contribution in [0.2, 0.25) is 0 Å². The molecule has 2 aliphatic heterocycles. The van der Waals surface area contributed by atoms with Crippen LogP contribution in [0.15, 0.2) is 24.3 Å². The molecule has 0 aliphatic carbocycles. The molecule has 5 nitrogen and oxygen atoms in total. The lowest BCUT2D eigenvalue weighted by molar-refractivity contribution is -0.119. The number of fused-ring (bicyclic) bond motifs is 1. The lowest BCUT2D eigenvalue weighted by Gasteiger charge is -2.41.